The molecular formula is C24H22N4O4. The average molecular weight is 430 g/mol. The zero-order valence-electron chi connectivity index (χ0n) is 17.3. The Morgan fingerprint density at radius 1 is 1.09 bits per heavy atom. The van der Waals surface area contributed by atoms with E-state index in [1.165, 1.54) is 6.26 Å². The van der Waals surface area contributed by atoms with Crippen LogP contribution in [-0.4, -0.2) is 28.2 Å². The van der Waals surface area contributed by atoms with Gasteiger partial charge in [-0.05, 0) is 55.7 Å². The molecule has 1 aliphatic heterocycles. The molecule has 32 heavy (non-hydrogen) atoms. The van der Waals surface area contributed by atoms with Gasteiger partial charge in [0.2, 0.25) is 5.91 Å². The molecule has 0 radical (unpaired) electrons. The van der Waals surface area contributed by atoms with Crippen molar-refractivity contribution in [3.63, 3.8) is 0 Å². The third kappa shape index (κ3) is 3.65. The highest BCUT2D eigenvalue weighted by Gasteiger charge is 2.24. The maximum absolute atomic E-state index is 12.4. The predicted octanol–water partition coefficient (Wildman–Crippen LogP) is 4.35. The van der Waals surface area contributed by atoms with Gasteiger partial charge in [0.25, 0.3) is 5.91 Å². The van der Waals surface area contributed by atoms with E-state index in [1.807, 2.05) is 28.9 Å². The van der Waals surface area contributed by atoms with Crippen LogP contribution in [0.4, 0.5) is 5.69 Å². The summed E-state index contributed by atoms with van der Waals surface area (Å²) in [5.74, 6) is -0.658. The molecule has 3 N–H and O–H groups in total. The fraction of sp³-hybridized carbons (Fsp3) is 0.208. The Balaban J connectivity index is 1.60. The van der Waals surface area contributed by atoms with Crippen LogP contribution in [0.1, 0.15) is 46.4 Å². The van der Waals surface area contributed by atoms with E-state index in [9.17, 15) is 9.59 Å². The topological polar surface area (TPSA) is 112 Å². The number of benzene rings is 2. The third-order valence-electron chi connectivity index (χ3n) is 5.57. The van der Waals surface area contributed by atoms with Gasteiger partial charge < -0.3 is 20.2 Å². The lowest BCUT2D eigenvalue weighted by atomic mass is 10.0. The minimum Gasteiger partial charge on any atom is -0.459 e. The molecule has 1 saturated heterocycles. The Labute approximate surface area is 184 Å². The monoisotopic (exact) mass is 430 g/mol. The van der Waals surface area contributed by atoms with Crippen molar-refractivity contribution in [3.8, 4) is 11.3 Å². The largest absolute Gasteiger partial charge is 0.459 e. The Kier molecular flexibility index (Phi) is 5.20. The van der Waals surface area contributed by atoms with E-state index in [4.69, 9.17) is 20.0 Å². The number of amides is 2. The molecule has 8 nitrogen and oxygen atoms in total. The van der Waals surface area contributed by atoms with Gasteiger partial charge in [-0.25, -0.2) is 4.68 Å². The van der Waals surface area contributed by atoms with Gasteiger partial charge in [-0.15, -0.1) is 0 Å². The van der Waals surface area contributed by atoms with Gasteiger partial charge in [0.05, 0.1) is 17.3 Å². The second-order valence-electron chi connectivity index (χ2n) is 7.69. The van der Waals surface area contributed by atoms with E-state index in [0.717, 1.165) is 30.3 Å². The number of carbonyl (C=O) groups excluding carboxylic acids is 2. The molecule has 2 aromatic heterocycles. The molecule has 1 atom stereocenters. The lowest BCUT2D eigenvalue weighted by molar-refractivity contribution is -0.0365. The minimum atomic E-state index is -0.525. The van der Waals surface area contributed by atoms with Gasteiger partial charge in [0, 0.05) is 23.2 Å². The molecule has 2 amide bonds. The number of carbonyl (C=O) groups is 2. The molecule has 162 valence electrons. The van der Waals surface area contributed by atoms with Crippen molar-refractivity contribution in [1.82, 2.24) is 9.78 Å². The maximum atomic E-state index is 12.4. The predicted molar refractivity (Wildman–Crippen MR) is 119 cm³/mol. The number of hydrogen-bond acceptors (Lipinski definition) is 5. The summed E-state index contributed by atoms with van der Waals surface area (Å²) in [6.45, 7) is 0.672. The zero-order chi connectivity index (χ0) is 22.1. The van der Waals surface area contributed by atoms with Gasteiger partial charge in [-0.1, -0.05) is 18.2 Å². The molecule has 1 aliphatic rings. The first-order valence-electron chi connectivity index (χ1n) is 10.5. The number of nitrogens with one attached hydrogen (secondary N) is 1. The van der Waals surface area contributed by atoms with Gasteiger partial charge in [0.15, 0.2) is 12.0 Å². The molecule has 5 rings (SSSR count). The number of hydrogen-bond donors (Lipinski definition) is 2. The fourth-order valence-electron chi connectivity index (χ4n) is 4.08. The molecule has 2 aromatic carbocycles. The van der Waals surface area contributed by atoms with Crippen LogP contribution in [0.15, 0.2) is 65.3 Å². The lowest BCUT2D eigenvalue weighted by Crippen LogP contribution is -2.19. The van der Waals surface area contributed by atoms with Gasteiger partial charge in [-0.2, -0.15) is 5.10 Å². The third-order valence-corrected chi connectivity index (χ3v) is 5.57. The minimum absolute atomic E-state index is 0.204. The summed E-state index contributed by atoms with van der Waals surface area (Å²) in [7, 11) is 0. The second-order valence-corrected chi connectivity index (χ2v) is 7.69. The molecule has 8 heteroatoms. The van der Waals surface area contributed by atoms with Crippen molar-refractivity contribution in [2.75, 3.05) is 11.9 Å². The summed E-state index contributed by atoms with van der Waals surface area (Å²) in [4.78, 5) is 24.6. The number of nitrogens with two attached hydrogens (primary N) is 1. The molecule has 1 unspecified atom stereocenters. The Morgan fingerprint density at radius 3 is 2.72 bits per heavy atom. The summed E-state index contributed by atoms with van der Waals surface area (Å²) in [5, 5.41) is 8.35. The van der Waals surface area contributed by atoms with Crippen LogP contribution in [0.2, 0.25) is 0 Å². The van der Waals surface area contributed by atoms with Gasteiger partial charge in [-0.3, -0.25) is 9.59 Å². The van der Waals surface area contributed by atoms with Crippen LogP contribution in [0.25, 0.3) is 22.2 Å². The summed E-state index contributed by atoms with van der Waals surface area (Å²) in [6, 6.07) is 16.0. The van der Waals surface area contributed by atoms with E-state index in [2.05, 4.69) is 5.32 Å². The maximum Gasteiger partial charge on any atom is 0.291 e. The van der Waals surface area contributed by atoms with E-state index in [-0.39, 0.29) is 17.9 Å². The highest BCUT2D eigenvalue weighted by molar-refractivity contribution is 6.11. The van der Waals surface area contributed by atoms with Crippen molar-refractivity contribution < 1.29 is 18.7 Å². The Hall–Kier alpha value is -3.91. The lowest BCUT2D eigenvalue weighted by Gasteiger charge is -2.23. The molecule has 0 spiro atoms. The van der Waals surface area contributed by atoms with Crippen molar-refractivity contribution in [2.24, 2.45) is 5.73 Å². The molecule has 0 aliphatic carbocycles. The molecule has 4 aromatic rings. The number of rotatable bonds is 5. The summed E-state index contributed by atoms with van der Waals surface area (Å²) >= 11 is 0. The Morgan fingerprint density at radius 2 is 1.97 bits per heavy atom. The number of fused-ring (bicyclic) bond motifs is 1. The number of furan rings is 1. The van der Waals surface area contributed by atoms with Crippen LogP contribution in [0, 0.1) is 0 Å². The van der Waals surface area contributed by atoms with Crippen molar-refractivity contribution in [1.29, 1.82) is 0 Å². The molecule has 1 fully saturated rings. The summed E-state index contributed by atoms with van der Waals surface area (Å²) in [6.07, 6.45) is 4.15. The number of ether oxygens (including phenoxy) is 1. The number of anilines is 1. The van der Waals surface area contributed by atoms with Gasteiger partial charge >= 0.3 is 0 Å². The molecule has 0 saturated carbocycles. The second kappa shape index (κ2) is 8.32. The summed E-state index contributed by atoms with van der Waals surface area (Å²) in [5.41, 5.74) is 8.80. The summed E-state index contributed by atoms with van der Waals surface area (Å²) < 4.78 is 13.0. The van der Waals surface area contributed by atoms with Crippen LogP contribution < -0.4 is 11.1 Å². The van der Waals surface area contributed by atoms with Gasteiger partial charge in [0.1, 0.15) is 5.69 Å². The van der Waals surface area contributed by atoms with Crippen molar-refractivity contribution >= 4 is 28.4 Å². The van der Waals surface area contributed by atoms with Crippen LogP contribution >= 0.6 is 0 Å². The van der Waals surface area contributed by atoms with Crippen molar-refractivity contribution in [2.45, 2.75) is 25.5 Å². The zero-order valence-corrected chi connectivity index (χ0v) is 17.3. The van der Waals surface area contributed by atoms with E-state index >= 15 is 0 Å². The molecule has 0 bridgehead atoms. The highest BCUT2D eigenvalue weighted by Crippen LogP contribution is 2.35. The van der Waals surface area contributed by atoms with E-state index < -0.39 is 5.91 Å². The standard InChI is InChI=1S/C24H22N4O4/c25-23(29)17-8-4-9-18-21(17)22(27-28(18)20-11-1-2-12-32-20)15-6-3-7-16(14-15)26-24(30)19-10-5-13-31-19/h3-10,13-14,20H,1-2,11-12H2,(H2,25,29)(H,26,30). The average Bonchev–Trinajstić information content (AvgIpc) is 3.48. The van der Waals surface area contributed by atoms with E-state index in [0.29, 0.717) is 28.9 Å². The number of primary amides is 1. The first kappa shape index (κ1) is 20.0. The number of aromatic nitrogens is 2. The molecule has 3 heterocycles. The SMILES string of the molecule is NC(=O)c1cccc2c1c(-c1cccc(NC(=O)c3ccco3)c1)nn2C1CCCCO1. The van der Waals surface area contributed by atoms with Crippen LogP contribution in [0.5, 0.6) is 0 Å². The smallest absolute Gasteiger partial charge is 0.291 e. The number of nitrogens with zero attached hydrogens (tertiary/aromatic N) is 2. The first-order chi connectivity index (χ1) is 15.6. The molecular weight excluding hydrogens is 408 g/mol. The van der Waals surface area contributed by atoms with Crippen LogP contribution in [0.3, 0.4) is 0 Å². The first-order valence-corrected chi connectivity index (χ1v) is 10.5. The van der Waals surface area contributed by atoms with Crippen LogP contribution in [-0.2, 0) is 4.74 Å². The fourth-order valence-corrected chi connectivity index (χ4v) is 4.08. The normalized spacial score (nSPS) is 16.2. The highest BCUT2D eigenvalue weighted by atomic mass is 16.5. The van der Waals surface area contributed by atoms with E-state index in [1.54, 1.807) is 30.3 Å². The van der Waals surface area contributed by atoms with Crippen molar-refractivity contribution in [3.05, 3.63) is 72.2 Å². The quantitative estimate of drug-likeness (QED) is 0.489. The Bertz CT molecular complexity index is 1290.